The van der Waals surface area contributed by atoms with Gasteiger partial charge in [-0.15, -0.1) is 0 Å². The highest BCUT2D eigenvalue weighted by Gasteiger charge is 2.14. The summed E-state index contributed by atoms with van der Waals surface area (Å²) in [6, 6.07) is 5.11. The molecule has 0 spiro atoms. The Labute approximate surface area is 123 Å². The van der Waals surface area contributed by atoms with Gasteiger partial charge in [0.2, 0.25) is 0 Å². The van der Waals surface area contributed by atoms with Crippen LogP contribution in [0.15, 0.2) is 46.7 Å². The lowest BCUT2D eigenvalue weighted by Crippen LogP contribution is -2.35. The standard InChI is InChI=1S/C15H18FN3S/c1-15(2,3)19-9-11-12(16)5-4-6-13(11)20-14-10-17-7-8-18-14/h4-8,10,19H,9H2,1-3H3. The first-order valence-corrected chi connectivity index (χ1v) is 7.24. The molecule has 2 aromatic rings. The molecule has 1 aromatic heterocycles. The van der Waals surface area contributed by atoms with Crippen LogP contribution in [0.1, 0.15) is 26.3 Å². The SMILES string of the molecule is CC(C)(C)NCc1c(F)cccc1Sc1cnccn1. The van der Waals surface area contributed by atoms with Crippen molar-refractivity contribution in [3.8, 4) is 0 Å². The molecule has 0 radical (unpaired) electrons. The Bertz CT molecular complexity index is 567. The molecule has 3 nitrogen and oxygen atoms in total. The zero-order chi connectivity index (χ0) is 14.6. The van der Waals surface area contributed by atoms with Gasteiger partial charge in [0.25, 0.3) is 0 Å². The van der Waals surface area contributed by atoms with Crippen molar-refractivity contribution in [2.24, 2.45) is 0 Å². The predicted molar refractivity (Wildman–Crippen MR) is 79.1 cm³/mol. The molecule has 106 valence electrons. The molecule has 2 rings (SSSR count). The van der Waals surface area contributed by atoms with E-state index in [0.717, 1.165) is 9.92 Å². The lowest BCUT2D eigenvalue weighted by atomic mass is 10.1. The number of rotatable bonds is 4. The summed E-state index contributed by atoms with van der Waals surface area (Å²) in [7, 11) is 0. The third-order valence-corrected chi connectivity index (χ3v) is 3.65. The average molecular weight is 291 g/mol. The van der Waals surface area contributed by atoms with Crippen LogP contribution in [-0.2, 0) is 6.54 Å². The molecule has 0 saturated heterocycles. The van der Waals surface area contributed by atoms with Gasteiger partial charge in [-0.2, -0.15) is 0 Å². The largest absolute Gasteiger partial charge is 0.308 e. The minimum absolute atomic E-state index is 0.0588. The third kappa shape index (κ3) is 4.28. The Hall–Kier alpha value is -1.46. The number of nitrogens with one attached hydrogen (secondary N) is 1. The van der Waals surface area contributed by atoms with Crippen LogP contribution in [-0.4, -0.2) is 15.5 Å². The molecule has 0 fully saturated rings. The number of halogens is 1. The van der Waals surface area contributed by atoms with Crippen molar-refractivity contribution >= 4 is 11.8 Å². The van der Waals surface area contributed by atoms with Gasteiger partial charge in [-0.3, -0.25) is 4.98 Å². The topological polar surface area (TPSA) is 37.8 Å². The third-order valence-electron chi connectivity index (χ3n) is 2.63. The first-order chi connectivity index (χ1) is 9.46. The number of hydrogen-bond acceptors (Lipinski definition) is 4. The lowest BCUT2D eigenvalue weighted by Gasteiger charge is -2.21. The van der Waals surface area contributed by atoms with E-state index in [0.29, 0.717) is 12.1 Å². The predicted octanol–water partition coefficient (Wildman–Crippen LogP) is 3.66. The van der Waals surface area contributed by atoms with E-state index in [1.165, 1.54) is 17.8 Å². The van der Waals surface area contributed by atoms with Gasteiger partial charge < -0.3 is 5.32 Å². The average Bonchev–Trinajstić information content (AvgIpc) is 2.38. The molecule has 0 aliphatic rings. The van der Waals surface area contributed by atoms with E-state index in [-0.39, 0.29) is 11.4 Å². The number of hydrogen-bond donors (Lipinski definition) is 1. The van der Waals surface area contributed by atoms with Crippen molar-refractivity contribution in [1.29, 1.82) is 0 Å². The summed E-state index contributed by atoms with van der Waals surface area (Å²) in [4.78, 5) is 9.10. The zero-order valence-electron chi connectivity index (χ0n) is 11.9. The van der Waals surface area contributed by atoms with Gasteiger partial charge in [0.15, 0.2) is 0 Å². The molecule has 0 unspecified atom stereocenters. The molecule has 1 aromatic carbocycles. The van der Waals surface area contributed by atoms with Crippen molar-refractivity contribution in [2.45, 2.75) is 42.8 Å². The second kappa shape index (κ2) is 6.33. The van der Waals surface area contributed by atoms with Crippen LogP contribution in [0, 0.1) is 5.82 Å². The smallest absolute Gasteiger partial charge is 0.128 e. The van der Waals surface area contributed by atoms with Gasteiger partial charge in [0, 0.05) is 34.9 Å². The van der Waals surface area contributed by atoms with E-state index in [1.54, 1.807) is 24.7 Å². The molecule has 0 aliphatic heterocycles. The fourth-order valence-electron chi connectivity index (χ4n) is 1.61. The minimum atomic E-state index is -0.198. The van der Waals surface area contributed by atoms with E-state index >= 15 is 0 Å². The van der Waals surface area contributed by atoms with E-state index in [1.807, 2.05) is 6.07 Å². The monoisotopic (exact) mass is 291 g/mol. The van der Waals surface area contributed by atoms with Crippen molar-refractivity contribution in [2.75, 3.05) is 0 Å². The van der Waals surface area contributed by atoms with Crippen LogP contribution < -0.4 is 5.32 Å². The van der Waals surface area contributed by atoms with Crippen molar-refractivity contribution in [3.63, 3.8) is 0 Å². The molecule has 0 bridgehead atoms. The number of aromatic nitrogens is 2. The van der Waals surface area contributed by atoms with Gasteiger partial charge in [-0.25, -0.2) is 9.37 Å². The summed E-state index contributed by atoms with van der Waals surface area (Å²) >= 11 is 1.43. The summed E-state index contributed by atoms with van der Waals surface area (Å²) in [6.45, 7) is 6.66. The van der Waals surface area contributed by atoms with Crippen LogP contribution in [0.3, 0.4) is 0 Å². The second-order valence-electron chi connectivity index (χ2n) is 5.47. The van der Waals surface area contributed by atoms with Crippen LogP contribution in [0.5, 0.6) is 0 Å². The molecule has 0 atom stereocenters. The summed E-state index contributed by atoms with van der Waals surface area (Å²) in [5, 5.41) is 4.08. The van der Waals surface area contributed by atoms with E-state index < -0.39 is 0 Å². The number of benzene rings is 1. The highest BCUT2D eigenvalue weighted by Crippen LogP contribution is 2.30. The first kappa shape index (κ1) is 14.9. The Kier molecular flexibility index (Phi) is 4.73. The normalized spacial score (nSPS) is 11.6. The fourth-order valence-corrected chi connectivity index (χ4v) is 2.50. The highest BCUT2D eigenvalue weighted by atomic mass is 32.2. The van der Waals surface area contributed by atoms with Gasteiger partial charge in [0.1, 0.15) is 10.8 Å². The van der Waals surface area contributed by atoms with Crippen LogP contribution in [0.4, 0.5) is 4.39 Å². The quantitative estimate of drug-likeness (QED) is 0.933. The Morgan fingerprint density at radius 2 is 2.05 bits per heavy atom. The van der Waals surface area contributed by atoms with E-state index in [4.69, 9.17) is 0 Å². The van der Waals surface area contributed by atoms with Crippen molar-refractivity contribution < 1.29 is 4.39 Å². The maximum Gasteiger partial charge on any atom is 0.128 e. The van der Waals surface area contributed by atoms with Gasteiger partial charge in [-0.05, 0) is 32.9 Å². The molecule has 1 N–H and O–H groups in total. The zero-order valence-corrected chi connectivity index (χ0v) is 12.7. The van der Waals surface area contributed by atoms with Crippen LogP contribution in [0.25, 0.3) is 0 Å². The molecule has 0 saturated carbocycles. The van der Waals surface area contributed by atoms with E-state index in [9.17, 15) is 4.39 Å². The Balaban J connectivity index is 2.22. The van der Waals surface area contributed by atoms with Crippen LogP contribution in [0.2, 0.25) is 0 Å². The molecule has 5 heteroatoms. The summed E-state index contributed by atoms with van der Waals surface area (Å²) in [5.74, 6) is -0.198. The van der Waals surface area contributed by atoms with Gasteiger partial charge in [0.05, 0.1) is 6.20 Å². The first-order valence-electron chi connectivity index (χ1n) is 6.42. The Morgan fingerprint density at radius 1 is 1.25 bits per heavy atom. The number of nitrogens with zero attached hydrogens (tertiary/aromatic N) is 2. The van der Waals surface area contributed by atoms with Crippen molar-refractivity contribution in [1.82, 2.24) is 15.3 Å². The maximum absolute atomic E-state index is 14.0. The van der Waals surface area contributed by atoms with Gasteiger partial charge >= 0.3 is 0 Å². The van der Waals surface area contributed by atoms with Crippen molar-refractivity contribution in [3.05, 3.63) is 48.2 Å². The lowest BCUT2D eigenvalue weighted by molar-refractivity contribution is 0.416. The molecule has 0 amide bonds. The highest BCUT2D eigenvalue weighted by molar-refractivity contribution is 7.99. The summed E-state index contributed by atoms with van der Waals surface area (Å²) in [5.41, 5.74) is 0.606. The second-order valence-corrected chi connectivity index (χ2v) is 6.53. The van der Waals surface area contributed by atoms with Gasteiger partial charge in [-0.1, -0.05) is 17.8 Å². The molecule has 20 heavy (non-hydrogen) atoms. The maximum atomic E-state index is 14.0. The summed E-state index contributed by atoms with van der Waals surface area (Å²) in [6.07, 6.45) is 4.93. The molecular weight excluding hydrogens is 273 g/mol. The molecule has 1 heterocycles. The minimum Gasteiger partial charge on any atom is -0.308 e. The Morgan fingerprint density at radius 3 is 2.70 bits per heavy atom. The van der Waals surface area contributed by atoms with E-state index in [2.05, 4.69) is 36.1 Å². The summed E-state index contributed by atoms with van der Waals surface area (Å²) < 4.78 is 14.0. The molecule has 0 aliphatic carbocycles. The van der Waals surface area contributed by atoms with Crippen LogP contribution >= 0.6 is 11.8 Å². The fraction of sp³-hybridized carbons (Fsp3) is 0.333. The molecular formula is C15H18FN3S.